The number of halogens is 4. The van der Waals surface area contributed by atoms with Crippen LogP contribution in [0.4, 0.5) is 13.2 Å². The molecule has 0 amide bonds. The van der Waals surface area contributed by atoms with E-state index in [1.807, 2.05) is 0 Å². The predicted molar refractivity (Wildman–Crippen MR) is 51.6 cm³/mol. The van der Waals surface area contributed by atoms with Gasteiger partial charge < -0.3 is 5.11 Å². The van der Waals surface area contributed by atoms with Crippen molar-refractivity contribution < 1.29 is 18.3 Å². The average Bonchev–Trinajstić information content (AvgIpc) is 2.14. The molecule has 1 nitrogen and oxygen atoms in total. The van der Waals surface area contributed by atoms with Gasteiger partial charge in [-0.25, -0.2) is 0 Å². The van der Waals surface area contributed by atoms with Gasteiger partial charge in [-0.05, 0) is 17.7 Å². The summed E-state index contributed by atoms with van der Waals surface area (Å²) in [6, 6.07) is 5.59. The Hall–Kier alpha value is -1.00. The molecule has 1 aromatic rings. The number of alkyl halides is 3. The van der Waals surface area contributed by atoms with Crippen molar-refractivity contribution in [2.24, 2.45) is 0 Å². The van der Waals surface area contributed by atoms with Crippen molar-refractivity contribution in [1.29, 1.82) is 0 Å². The van der Waals surface area contributed by atoms with E-state index in [0.29, 0.717) is 0 Å². The molecule has 1 rings (SSSR count). The lowest BCUT2D eigenvalue weighted by Crippen LogP contribution is -2.17. The summed E-state index contributed by atoms with van der Waals surface area (Å²) in [6.45, 7) is 2.81. The van der Waals surface area contributed by atoms with Crippen LogP contribution in [0.3, 0.4) is 0 Å². The van der Waals surface area contributed by atoms with Crippen LogP contribution >= 0.6 is 11.6 Å². The molecule has 0 radical (unpaired) electrons. The first-order valence-electron chi connectivity index (χ1n) is 4.02. The van der Waals surface area contributed by atoms with Gasteiger partial charge in [-0.15, -0.1) is 0 Å². The van der Waals surface area contributed by atoms with Crippen LogP contribution in [0.25, 0.3) is 0 Å². The van der Waals surface area contributed by atoms with Crippen molar-refractivity contribution in [1.82, 2.24) is 0 Å². The fourth-order valence-corrected chi connectivity index (χ4v) is 1.23. The molecule has 1 N–H and O–H groups in total. The second kappa shape index (κ2) is 4.24. The van der Waals surface area contributed by atoms with E-state index in [-0.39, 0.29) is 10.6 Å². The summed E-state index contributed by atoms with van der Waals surface area (Å²) in [5, 5.41) is 9.64. The third-order valence-electron chi connectivity index (χ3n) is 1.86. The summed E-state index contributed by atoms with van der Waals surface area (Å²) < 4.78 is 36.6. The molecule has 0 aliphatic carbocycles. The van der Waals surface area contributed by atoms with Gasteiger partial charge in [0.2, 0.25) is 0 Å². The molecule has 0 saturated heterocycles. The quantitative estimate of drug-likeness (QED) is 0.780. The third-order valence-corrected chi connectivity index (χ3v) is 2.09. The second-order valence-corrected chi connectivity index (χ2v) is 3.42. The van der Waals surface area contributed by atoms with Crippen molar-refractivity contribution in [2.75, 3.05) is 0 Å². The maximum atomic E-state index is 12.2. The molecule has 15 heavy (non-hydrogen) atoms. The minimum Gasteiger partial charge on any atom is -0.384 e. The first-order chi connectivity index (χ1) is 6.82. The summed E-state index contributed by atoms with van der Waals surface area (Å²) in [7, 11) is 0. The third kappa shape index (κ3) is 2.97. The topological polar surface area (TPSA) is 20.2 Å². The molecular formula is C10H8ClF3O. The van der Waals surface area contributed by atoms with Crippen molar-refractivity contribution in [3.63, 3.8) is 0 Å². The molecule has 5 heteroatoms. The molecule has 0 bridgehead atoms. The van der Waals surface area contributed by atoms with E-state index in [0.717, 1.165) is 0 Å². The Morgan fingerprint density at radius 3 is 2.47 bits per heavy atom. The Kier molecular flexibility index (Phi) is 3.42. The number of hydrogen-bond donors (Lipinski definition) is 1. The van der Waals surface area contributed by atoms with Crippen LogP contribution in [0, 0.1) is 0 Å². The number of rotatable bonds is 2. The smallest absolute Gasteiger partial charge is 0.384 e. The largest absolute Gasteiger partial charge is 0.414 e. The summed E-state index contributed by atoms with van der Waals surface area (Å²) in [5.74, 6) is 0. The molecule has 0 saturated carbocycles. The summed E-state index contributed by atoms with van der Waals surface area (Å²) in [4.78, 5) is 0. The zero-order chi connectivity index (χ0) is 11.6. The molecular weight excluding hydrogens is 229 g/mol. The predicted octanol–water partition coefficient (Wildman–Crippen LogP) is 3.49. The Labute approximate surface area is 89.8 Å². The van der Waals surface area contributed by atoms with Gasteiger partial charge in [-0.1, -0.05) is 30.3 Å². The Morgan fingerprint density at radius 1 is 1.40 bits per heavy atom. The van der Waals surface area contributed by atoms with Crippen molar-refractivity contribution in [3.8, 4) is 0 Å². The van der Waals surface area contributed by atoms with Crippen LogP contribution < -0.4 is 0 Å². The number of aliphatic hydroxyl groups is 1. The second-order valence-electron chi connectivity index (χ2n) is 2.98. The van der Waals surface area contributed by atoms with Crippen LogP contribution in [0.5, 0.6) is 0 Å². The lowest BCUT2D eigenvalue weighted by atomic mass is 10.0. The lowest BCUT2D eigenvalue weighted by molar-refractivity contribution is -0.105. The van der Waals surface area contributed by atoms with Crippen LogP contribution in [-0.2, 0) is 0 Å². The van der Waals surface area contributed by atoms with Gasteiger partial charge in [0.05, 0.1) is 5.57 Å². The molecule has 1 unspecified atom stereocenters. The van der Waals surface area contributed by atoms with E-state index in [9.17, 15) is 18.3 Å². The van der Waals surface area contributed by atoms with Crippen LogP contribution in [0.15, 0.2) is 36.4 Å². The standard InChI is InChI=1S/C10H8ClF3O/c1-6(10(12,13)14)9(15)7-3-2-4-8(11)5-7/h2-5,9,15H,1H2. The van der Waals surface area contributed by atoms with Gasteiger partial charge >= 0.3 is 6.18 Å². The van der Waals surface area contributed by atoms with E-state index >= 15 is 0 Å². The maximum absolute atomic E-state index is 12.2. The Bertz CT molecular complexity index is 373. The lowest BCUT2D eigenvalue weighted by Gasteiger charge is -2.16. The molecule has 1 aromatic carbocycles. The van der Waals surface area contributed by atoms with Gasteiger partial charge in [0.15, 0.2) is 0 Å². The molecule has 0 fully saturated rings. The van der Waals surface area contributed by atoms with Gasteiger partial charge in [0, 0.05) is 5.02 Å². The van der Waals surface area contributed by atoms with Gasteiger partial charge in [-0.2, -0.15) is 13.2 Å². The van der Waals surface area contributed by atoms with Crippen molar-refractivity contribution >= 4 is 11.6 Å². The Balaban J connectivity index is 2.95. The molecule has 0 aliphatic rings. The Morgan fingerprint density at radius 2 is 2.00 bits per heavy atom. The zero-order valence-electron chi connectivity index (χ0n) is 7.55. The van der Waals surface area contributed by atoms with Gasteiger partial charge in [0.1, 0.15) is 6.10 Å². The number of benzene rings is 1. The first kappa shape index (κ1) is 12.1. The zero-order valence-corrected chi connectivity index (χ0v) is 8.31. The molecule has 0 heterocycles. The summed E-state index contributed by atoms with van der Waals surface area (Å²) in [5.41, 5.74) is -1.13. The highest BCUT2D eigenvalue weighted by Crippen LogP contribution is 2.34. The fraction of sp³-hybridized carbons (Fsp3) is 0.200. The van der Waals surface area contributed by atoms with Crippen molar-refractivity contribution in [2.45, 2.75) is 12.3 Å². The monoisotopic (exact) mass is 236 g/mol. The molecule has 0 aliphatic heterocycles. The van der Waals surface area contributed by atoms with E-state index < -0.39 is 17.9 Å². The maximum Gasteiger partial charge on any atom is 0.414 e. The summed E-state index contributed by atoms with van der Waals surface area (Å²) in [6.07, 6.45) is -6.38. The van der Waals surface area contributed by atoms with Gasteiger partial charge in [0.25, 0.3) is 0 Å². The normalized spacial score (nSPS) is 13.7. The molecule has 1 atom stereocenters. The highest BCUT2D eigenvalue weighted by atomic mass is 35.5. The highest BCUT2D eigenvalue weighted by molar-refractivity contribution is 6.30. The van der Waals surface area contributed by atoms with E-state index in [2.05, 4.69) is 6.58 Å². The minimum absolute atomic E-state index is 0.0739. The van der Waals surface area contributed by atoms with Gasteiger partial charge in [-0.3, -0.25) is 0 Å². The van der Waals surface area contributed by atoms with E-state index in [4.69, 9.17) is 11.6 Å². The molecule has 0 aromatic heterocycles. The number of hydrogen-bond acceptors (Lipinski definition) is 1. The average molecular weight is 237 g/mol. The van der Waals surface area contributed by atoms with Crippen molar-refractivity contribution in [3.05, 3.63) is 47.0 Å². The van der Waals surface area contributed by atoms with Crippen LogP contribution in [0.1, 0.15) is 11.7 Å². The number of aliphatic hydroxyl groups excluding tert-OH is 1. The SMILES string of the molecule is C=C(C(O)c1cccc(Cl)c1)C(F)(F)F. The first-order valence-corrected chi connectivity index (χ1v) is 4.39. The highest BCUT2D eigenvalue weighted by Gasteiger charge is 2.36. The fourth-order valence-electron chi connectivity index (χ4n) is 1.03. The molecule has 82 valence electrons. The molecule has 0 spiro atoms. The minimum atomic E-state index is -4.61. The summed E-state index contributed by atoms with van der Waals surface area (Å²) >= 11 is 5.59. The van der Waals surface area contributed by atoms with E-state index in [1.165, 1.54) is 24.3 Å². The van der Waals surface area contributed by atoms with E-state index in [1.54, 1.807) is 0 Å². The van der Waals surface area contributed by atoms with Crippen LogP contribution in [0.2, 0.25) is 5.02 Å². The van der Waals surface area contributed by atoms with Crippen LogP contribution in [-0.4, -0.2) is 11.3 Å².